The van der Waals surface area contributed by atoms with Crippen LogP contribution in [0, 0.1) is 5.41 Å². The number of nitrogens with one attached hydrogen (secondary N) is 1. The molecule has 0 aliphatic carbocycles. The van der Waals surface area contributed by atoms with Gasteiger partial charge in [0, 0.05) is 5.71 Å². The molecule has 0 aliphatic rings. The number of allylic oxidation sites excluding steroid dienone is 1. The Morgan fingerprint density at radius 1 is 0.800 bits per heavy atom. The van der Waals surface area contributed by atoms with Gasteiger partial charge in [-0.3, -0.25) is 0 Å². The summed E-state index contributed by atoms with van der Waals surface area (Å²) in [6.45, 7) is 29.5. The molecule has 1 nitrogen and oxygen atoms in total. The minimum Gasteiger partial charge on any atom is -0.310 e. The predicted octanol–water partition coefficient (Wildman–Crippen LogP) is 8.54. The van der Waals surface area contributed by atoms with Crippen LogP contribution in [0.1, 0.15) is 109 Å². The topological polar surface area (TPSA) is 23.9 Å². The molecule has 0 fully saturated rings. The summed E-state index contributed by atoms with van der Waals surface area (Å²) in [5.74, 6) is 0. The first-order valence-electron chi connectivity index (χ1n) is 8.62. The second kappa shape index (κ2) is 136. The van der Waals surface area contributed by atoms with E-state index < -0.39 is 0 Å². The average Bonchev–Trinajstić information content (AvgIpc) is 2.48. The molecule has 1 heteroatoms. The Bertz CT molecular complexity index is 83.8. The summed E-state index contributed by atoms with van der Waals surface area (Å²) in [7, 11) is 0. The molecule has 0 aromatic rings. The molecule has 0 saturated carbocycles. The third kappa shape index (κ3) is 2360. The van der Waals surface area contributed by atoms with E-state index in [0.29, 0.717) is 0 Å². The number of hydrogen-bond acceptors (Lipinski definition) is 1. The summed E-state index contributed by atoms with van der Waals surface area (Å²) in [6.07, 6.45) is 5.14. The minimum absolute atomic E-state index is 0.755. The quantitative estimate of drug-likeness (QED) is 0.369. The van der Waals surface area contributed by atoms with Crippen LogP contribution in [0.15, 0.2) is 12.7 Å². The summed E-state index contributed by atoms with van der Waals surface area (Å²) >= 11 is 0. The Morgan fingerprint density at radius 3 is 0.850 bits per heavy atom. The molecular weight excluding hydrogens is 242 g/mol. The van der Waals surface area contributed by atoms with Gasteiger partial charge in [-0.25, -0.2) is 0 Å². The van der Waals surface area contributed by atoms with Crippen molar-refractivity contribution in [1.29, 1.82) is 5.41 Å². The summed E-state index contributed by atoms with van der Waals surface area (Å²) in [5.41, 5.74) is 0.755. The fraction of sp³-hybridized carbons (Fsp3) is 0.842. The van der Waals surface area contributed by atoms with Gasteiger partial charge in [-0.15, -0.1) is 6.58 Å². The van der Waals surface area contributed by atoms with Gasteiger partial charge in [0.25, 0.3) is 0 Å². The number of hydrogen-bond donors (Lipinski definition) is 1. The van der Waals surface area contributed by atoms with Crippen molar-refractivity contribution in [3.63, 3.8) is 0 Å². The normalized spacial score (nSPS) is 5.25. The van der Waals surface area contributed by atoms with Gasteiger partial charge in [0.05, 0.1) is 0 Å². The lowest BCUT2D eigenvalue weighted by Crippen LogP contribution is -1.78. The lowest BCUT2D eigenvalue weighted by Gasteiger charge is -1.77. The van der Waals surface area contributed by atoms with Gasteiger partial charge in [-0.05, 0) is 20.3 Å². The standard InChI is InChI=1S/C4H9N.2C3H8.C3H6.3C2H6/c1-3-4(2)5;3*1-3-2;3*1-2/h5H,3H2,1-2H3;2*3H2,1-2H3;3H,1H2,2H3;3*1-2H3. The molecule has 0 spiro atoms. The SMILES string of the molecule is C=CC.CC.CC.CC.CCC.CCC.CCC(C)=N. The van der Waals surface area contributed by atoms with Crippen LogP contribution < -0.4 is 0 Å². The Labute approximate surface area is 133 Å². The summed E-state index contributed by atoms with van der Waals surface area (Å²) in [4.78, 5) is 0. The van der Waals surface area contributed by atoms with Gasteiger partial charge >= 0.3 is 0 Å². The zero-order valence-electron chi connectivity index (χ0n) is 17.4. The monoisotopic (exact) mass is 291 g/mol. The lowest BCUT2D eigenvalue weighted by atomic mass is 10.3. The maximum absolute atomic E-state index is 6.74. The van der Waals surface area contributed by atoms with E-state index >= 15 is 0 Å². The number of rotatable bonds is 1. The van der Waals surface area contributed by atoms with E-state index in [0.717, 1.165) is 12.1 Å². The molecule has 0 rings (SSSR count). The highest BCUT2D eigenvalue weighted by Gasteiger charge is 1.70. The van der Waals surface area contributed by atoms with E-state index in [9.17, 15) is 0 Å². The van der Waals surface area contributed by atoms with Crippen LogP contribution >= 0.6 is 0 Å². The predicted molar refractivity (Wildman–Crippen MR) is 106 cm³/mol. The van der Waals surface area contributed by atoms with Crippen molar-refractivity contribution >= 4 is 5.71 Å². The van der Waals surface area contributed by atoms with Crippen LogP contribution in [0.3, 0.4) is 0 Å². The van der Waals surface area contributed by atoms with E-state index in [4.69, 9.17) is 5.41 Å². The van der Waals surface area contributed by atoms with Gasteiger partial charge in [0.1, 0.15) is 0 Å². The Morgan fingerprint density at radius 2 is 0.850 bits per heavy atom. The Kier molecular flexibility index (Phi) is 290. The fourth-order valence-corrected chi connectivity index (χ4v) is 0. The van der Waals surface area contributed by atoms with E-state index in [1.165, 1.54) is 12.8 Å². The molecule has 0 heterocycles. The minimum atomic E-state index is 0.755. The van der Waals surface area contributed by atoms with E-state index in [1.807, 2.05) is 55.4 Å². The van der Waals surface area contributed by atoms with Crippen LogP contribution in [0.4, 0.5) is 0 Å². The molecule has 0 radical (unpaired) electrons. The first-order valence-corrected chi connectivity index (χ1v) is 8.62. The molecule has 0 unspecified atom stereocenters. The highest BCUT2D eigenvalue weighted by atomic mass is 14.4. The smallest absolute Gasteiger partial charge is 0.00554 e. The lowest BCUT2D eigenvalue weighted by molar-refractivity contribution is 1.09. The molecule has 0 amide bonds. The van der Waals surface area contributed by atoms with Crippen molar-refractivity contribution in [2.75, 3.05) is 0 Å². The third-order valence-electron chi connectivity index (χ3n) is 0.530. The molecular formula is C19H49N. The highest BCUT2D eigenvalue weighted by molar-refractivity contribution is 5.77. The molecule has 0 aromatic carbocycles. The molecule has 130 valence electrons. The van der Waals surface area contributed by atoms with Gasteiger partial charge in [-0.1, -0.05) is 95.1 Å². The zero-order chi connectivity index (χ0) is 18.4. The van der Waals surface area contributed by atoms with Crippen LogP contribution in [0.5, 0.6) is 0 Å². The van der Waals surface area contributed by atoms with Crippen LogP contribution in [0.25, 0.3) is 0 Å². The molecule has 0 atom stereocenters. The average molecular weight is 292 g/mol. The van der Waals surface area contributed by atoms with Gasteiger partial charge in [0.2, 0.25) is 0 Å². The van der Waals surface area contributed by atoms with Gasteiger partial charge in [0.15, 0.2) is 0 Å². The van der Waals surface area contributed by atoms with Crippen LogP contribution in [0.2, 0.25) is 0 Å². The van der Waals surface area contributed by atoms with Crippen LogP contribution in [-0.4, -0.2) is 5.71 Å². The first kappa shape index (κ1) is 42.7. The largest absolute Gasteiger partial charge is 0.310 e. The molecule has 0 aromatic heterocycles. The van der Waals surface area contributed by atoms with Crippen molar-refractivity contribution in [2.45, 2.75) is 109 Å². The van der Waals surface area contributed by atoms with Crippen molar-refractivity contribution < 1.29 is 0 Å². The molecule has 0 saturated heterocycles. The van der Waals surface area contributed by atoms with Gasteiger partial charge in [-0.2, -0.15) is 0 Å². The summed E-state index contributed by atoms with van der Waals surface area (Å²) in [5, 5.41) is 6.74. The molecule has 20 heavy (non-hydrogen) atoms. The van der Waals surface area contributed by atoms with Crippen molar-refractivity contribution in [3.05, 3.63) is 12.7 Å². The summed E-state index contributed by atoms with van der Waals surface area (Å²) in [6, 6.07) is 0. The maximum atomic E-state index is 6.74. The third-order valence-corrected chi connectivity index (χ3v) is 0.530. The van der Waals surface area contributed by atoms with Gasteiger partial charge < -0.3 is 5.41 Å². The zero-order valence-corrected chi connectivity index (χ0v) is 17.4. The van der Waals surface area contributed by atoms with Crippen LogP contribution in [-0.2, 0) is 0 Å². The molecule has 0 aliphatic heterocycles. The first-order chi connectivity index (χ1) is 9.51. The second-order valence-corrected chi connectivity index (χ2v) is 2.96. The maximum Gasteiger partial charge on any atom is 0.00554 e. The van der Waals surface area contributed by atoms with Crippen molar-refractivity contribution in [1.82, 2.24) is 0 Å². The molecule has 0 bridgehead atoms. The second-order valence-electron chi connectivity index (χ2n) is 2.96. The van der Waals surface area contributed by atoms with Crippen molar-refractivity contribution in [2.24, 2.45) is 0 Å². The summed E-state index contributed by atoms with van der Waals surface area (Å²) < 4.78 is 0. The van der Waals surface area contributed by atoms with E-state index in [2.05, 4.69) is 34.3 Å². The Hall–Kier alpha value is -0.590. The highest BCUT2D eigenvalue weighted by Crippen LogP contribution is 1.72. The van der Waals surface area contributed by atoms with E-state index in [-0.39, 0.29) is 0 Å². The Balaban J connectivity index is -0.0000000204. The molecule has 1 N–H and O–H groups in total. The van der Waals surface area contributed by atoms with Crippen molar-refractivity contribution in [3.8, 4) is 0 Å². The van der Waals surface area contributed by atoms with E-state index in [1.54, 1.807) is 13.0 Å². The fourth-order valence-electron chi connectivity index (χ4n) is 0.